The number of benzene rings is 1. The third kappa shape index (κ3) is 6.49. The molecule has 156 valence electrons. The standard InChI is InChI=1S/C20H26N4O4S/c1-4-16-13(2)11-17(29-16)20(27)23-22-19(26)12-24(10-9-18(21)25)14-5-7-15(28-3)8-6-14/h5-8,11H,4,9-10,12H2,1-3H3,(H2,21,25)(H,22,26)(H,23,27). The van der Waals surface area contributed by atoms with Crippen LogP contribution < -0.4 is 26.2 Å². The van der Waals surface area contributed by atoms with Gasteiger partial charge in [-0.3, -0.25) is 25.2 Å². The van der Waals surface area contributed by atoms with E-state index in [1.54, 1.807) is 36.3 Å². The predicted molar refractivity (Wildman–Crippen MR) is 113 cm³/mol. The third-order valence-electron chi connectivity index (χ3n) is 4.28. The molecule has 0 unspecified atom stereocenters. The van der Waals surface area contributed by atoms with E-state index in [1.807, 2.05) is 19.9 Å². The third-order valence-corrected chi connectivity index (χ3v) is 5.66. The second-order valence-electron chi connectivity index (χ2n) is 6.41. The van der Waals surface area contributed by atoms with Crippen molar-refractivity contribution in [2.75, 3.05) is 25.1 Å². The van der Waals surface area contributed by atoms with Gasteiger partial charge < -0.3 is 15.4 Å². The first-order chi connectivity index (χ1) is 13.8. The Labute approximate surface area is 174 Å². The Hall–Kier alpha value is -3.07. The van der Waals surface area contributed by atoms with Crippen molar-refractivity contribution in [2.45, 2.75) is 26.7 Å². The zero-order valence-corrected chi connectivity index (χ0v) is 17.6. The highest BCUT2D eigenvalue weighted by molar-refractivity contribution is 7.14. The van der Waals surface area contributed by atoms with Crippen molar-refractivity contribution < 1.29 is 19.1 Å². The van der Waals surface area contributed by atoms with Crippen LogP contribution in [0.15, 0.2) is 30.3 Å². The van der Waals surface area contributed by atoms with E-state index in [-0.39, 0.29) is 25.4 Å². The molecule has 2 aromatic rings. The summed E-state index contributed by atoms with van der Waals surface area (Å²) >= 11 is 1.41. The van der Waals surface area contributed by atoms with Crippen molar-refractivity contribution in [3.8, 4) is 5.75 Å². The maximum atomic E-state index is 12.4. The average molecular weight is 419 g/mol. The Kier molecular flexibility index (Phi) is 8.02. The summed E-state index contributed by atoms with van der Waals surface area (Å²) < 4.78 is 5.13. The monoisotopic (exact) mass is 418 g/mol. The Bertz CT molecular complexity index is 864. The Balaban J connectivity index is 1.98. The number of nitrogens with one attached hydrogen (secondary N) is 2. The van der Waals surface area contributed by atoms with Crippen LogP contribution >= 0.6 is 11.3 Å². The zero-order chi connectivity index (χ0) is 21.4. The number of primary amides is 1. The molecule has 1 heterocycles. The summed E-state index contributed by atoms with van der Waals surface area (Å²) in [6.45, 7) is 4.20. The Morgan fingerprint density at radius 1 is 1.17 bits per heavy atom. The largest absolute Gasteiger partial charge is 0.497 e. The number of rotatable bonds is 9. The summed E-state index contributed by atoms with van der Waals surface area (Å²) in [4.78, 5) is 39.2. The second-order valence-corrected chi connectivity index (χ2v) is 7.55. The van der Waals surface area contributed by atoms with Crippen molar-refractivity contribution in [3.05, 3.63) is 45.6 Å². The SMILES string of the molecule is CCc1sc(C(=O)NNC(=O)CN(CCC(N)=O)c2ccc(OC)cc2)cc1C. The number of thiophene rings is 1. The normalized spacial score (nSPS) is 10.3. The molecule has 0 aliphatic rings. The lowest BCUT2D eigenvalue weighted by Crippen LogP contribution is -2.46. The van der Waals surface area contributed by atoms with Crippen LogP contribution in [0, 0.1) is 6.92 Å². The second kappa shape index (κ2) is 10.5. The molecular weight excluding hydrogens is 392 g/mol. The number of ether oxygens (including phenoxy) is 1. The summed E-state index contributed by atoms with van der Waals surface area (Å²) in [5, 5.41) is 0. The van der Waals surface area contributed by atoms with Crippen LogP contribution in [0.4, 0.5) is 5.69 Å². The molecule has 0 radical (unpaired) electrons. The molecule has 0 aliphatic heterocycles. The number of hydrogen-bond acceptors (Lipinski definition) is 6. The van der Waals surface area contributed by atoms with Crippen molar-refractivity contribution >= 4 is 34.7 Å². The minimum absolute atomic E-state index is 0.0520. The lowest BCUT2D eigenvalue weighted by molar-refractivity contribution is -0.121. The summed E-state index contributed by atoms with van der Waals surface area (Å²) in [6.07, 6.45) is 0.951. The van der Waals surface area contributed by atoms with Crippen molar-refractivity contribution in [1.29, 1.82) is 0 Å². The van der Waals surface area contributed by atoms with Gasteiger partial charge in [0.2, 0.25) is 5.91 Å². The van der Waals surface area contributed by atoms with E-state index in [2.05, 4.69) is 10.9 Å². The number of hydrogen-bond donors (Lipinski definition) is 3. The van der Waals surface area contributed by atoms with Gasteiger partial charge in [0.1, 0.15) is 5.75 Å². The first-order valence-electron chi connectivity index (χ1n) is 9.19. The van der Waals surface area contributed by atoms with Gasteiger partial charge in [-0.15, -0.1) is 11.3 Å². The van der Waals surface area contributed by atoms with E-state index < -0.39 is 11.8 Å². The quantitative estimate of drug-likeness (QED) is 0.537. The molecule has 0 atom stereocenters. The first kappa shape index (κ1) is 22.2. The van der Waals surface area contributed by atoms with E-state index in [1.165, 1.54) is 11.3 Å². The van der Waals surface area contributed by atoms with Crippen LogP contribution in [0.25, 0.3) is 0 Å². The molecule has 2 rings (SSSR count). The Morgan fingerprint density at radius 2 is 1.86 bits per heavy atom. The summed E-state index contributed by atoms with van der Waals surface area (Å²) in [6, 6.07) is 8.90. The number of methoxy groups -OCH3 is 1. The summed E-state index contributed by atoms with van der Waals surface area (Å²) in [5.41, 5.74) is 11.9. The smallest absolute Gasteiger partial charge is 0.279 e. The maximum absolute atomic E-state index is 12.4. The molecule has 0 saturated carbocycles. The van der Waals surface area contributed by atoms with Gasteiger partial charge in [0.25, 0.3) is 11.8 Å². The van der Waals surface area contributed by atoms with E-state index >= 15 is 0 Å². The number of nitrogens with two attached hydrogens (primary N) is 1. The van der Waals surface area contributed by atoms with E-state index in [9.17, 15) is 14.4 Å². The van der Waals surface area contributed by atoms with Gasteiger partial charge >= 0.3 is 0 Å². The molecule has 0 saturated heterocycles. The highest BCUT2D eigenvalue weighted by atomic mass is 32.1. The number of carbonyl (C=O) groups excluding carboxylic acids is 3. The van der Waals surface area contributed by atoms with Crippen LogP contribution in [-0.4, -0.2) is 37.9 Å². The van der Waals surface area contributed by atoms with E-state index in [0.29, 0.717) is 10.6 Å². The molecule has 0 aliphatic carbocycles. The molecule has 1 aromatic heterocycles. The number of hydrazine groups is 1. The van der Waals surface area contributed by atoms with E-state index in [0.717, 1.165) is 22.5 Å². The molecule has 3 amide bonds. The van der Waals surface area contributed by atoms with Gasteiger partial charge in [0, 0.05) is 23.5 Å². The molecule has 8 nitrogen and oxygen atoms in total. The number of carbonyl (C=O) groups is 3. The molecule has 4 N–H and O–H groups in total. The van der Waals surface area contributed by atoms with Crippen LogP contribution in [0.5, 0.6) is 5.75 Å². The summed E-state index contributed by atoms with van der Waals surface area (Å²) in [5.74, 6) is -0.558. The van der Waals surface area contributed by atoms with Crippen LogP contribution in [0.1, 0.15) is 33.5 Å². The van der Waals surface area contributed by atoms with Gasteiger partial charge in [-0.05, 0) is 49.2 Å². The minimum atomic E-state index is -0.461. The van der Waals surface area contributed by atoms with Crippen LogP contribution in [-0.2, 0) is 16.0 Å². The minimum Gasteiger partial charge on any atom is -0.497 e. The van der Waals surface area contributed by atoms with Crippen molar-refractivity contribution in [1.82, 2.24) is 10.9 Å². The highest BCUT2D eigenvalue weighted by Crippen LogP contribution is 2.22. The molecule has 0 fully saturated rings. The first-order valence-corrected chi connectivity index (χ1v) is 10.0. The molecule has 0 spiro atoms. The molecule has 29 heavy (non-hydrogen) atoms. The lowest BCUT2D eigenvalue weighted by atomic mass is 10.2. The fraction of sp³-hybridized carbons (Fsp3) is 0.350. The van der Waals surface area contributed by atoms with Crippen LogP contribution in [0.2, 0.25) is 0 Å². The molecule has 0 bridgehead atoms. The van der Waals surface area contributed by atoms with E-state index in [4.69, 9.17) is 10.5 Å². The fourth-order valence-corrected chi connectivity index (χ4v) is 3.73. The number of aryl methyl sites for hydroxylation is 2. The predicted octanol–water partition coefficient (Wildman–Crippen LogP) is 1.77. The van der Waals surface area contributed by atoms with Gasteiger partial charge in [-0.1, -0.05) is 6.92 Å². The number of amides is 3. The molecule has 9 heteroatoms. The fourth-order valence-electron chi connectivity index (χ4n) is 2.72. The van der Waals surface area contributed by atoms with Gasteiger partial charge in [-0.25, -0.2) is 0 Å². The van der Waals surface area contributed by atoms with Crippen LogP contribution in [0.3, 0.4) is 0 Å². The summed E-state index contributed by atoms with van der Waals surface area (Å²) in [7, 11) is 1.56. The number of nitrogens with zero attached hydrogens (tertiary/aromatic N) is 1. The van der Waals surface area contributed by atoms with Crippen molar-refractivity contribution in [2.24, 2.45) is 5.73 Å². The molecule has 1 aromatic carbocycles. The maximum Gasteiger partial charge on any atom is 0.279 e. The zero-order valence-electron chi connectivity index (χ0n) is 16.8. The highest BCUT2D eigenvalue weighted by Gasteiger charge is 2.15. The number of anilines is 1. The Morgan fingerprint density at radius 3 is 2.41 bits per heavy atom. The van der Waals surface area contributed by atoms with Gasteiger partial charge in [0.05, 0.1) is 18.5 Å². The lowest BCUT2D eigenvalue weighted by Gasteiger charge is -2.24. The average Bonchev–Trinajstić information content (AvgIpc) is 3.10. The van der Waals surface area contributed by atoms with Gasteiger partial charge in [0.15, 0.2) is 0 Å². The molecular formula is C20H26N4O4S. The topological polar surface area (TPSA) is 114 Å². The van der Waals surface area contributed by atoms with Gasteiger partial charge in [-0.2, -0.15) is 0 Å². The van der Waals surface area contributed by atoms with Crippen molar-refractivity contribution in [3.63, 3.8) is 0 Å².